The van der Waals surface area contributed by atoms with Crippen LogP contribution in [0.4, 0.5) is 11.6 Å². The fourth-order valence-electron chi connectivity index (χ4n) is 4.84. The molecular weight excluding hydrogens is 462 g/mol. The van der Waals surface area contributed by atoms with Crippen molar-refractivity contribution in [3.05, 3.63) is 53.5 Å². The second kappa shape index (κ2) is 9.89. The molecule has 1 aromatic carbocycles. The molecule has 4 heterocycles. The topological polar surface area (TPSA) is 84.5 Å². The number of piperidine rings is 1. The van der Waals surface area contributed by atoms with Crippen LogP contribution in [0, 0.1) is 5.92 Å². The van der Waals surface area contributed by atoms with Crippen LogP contribution in [0.3, 0.4) is 0 Å². The maximum Gasteiger partial charge on any atom is 0.228 e. The highest BCUT2D eigenvalue weighted by atomic mass is 32.2. The van der Waals surface area contributed by atoms with Gasteiger partial charge in [-0.3, -0.25) is 14.2 Å². The van der Waals surface area contributed by atoms with Gasteiger partial charge in [0.05, 0.1) is 18.1 Å². The zero-order chi connectivity index (χ0) is 24.5. The largest absolute Gasteiger partial charge is 0.467 e. The minimum absolute atomic E-state index is 0.0293. The summed E-state index contributed by atoms with van der Waals surface area (Å²) < 4.78 is 7.68. The number of anilines is 2. The summed E-state index contributed by atoms with van der Waals surface area (Å²) in [6.45, 7) is 8.85. The van der Waals surface area contributed by atoms with E-state index in [1.165, 1.54) is 11.8 Å². The SMILES string of the molecule is CC(=O)N1CCc2cc(C(=O)[C@H](C)Sc3nnc(N4CCC(C)CC4)n3Cc3ccco3)ccc21. The van der Waals surface area contributed by atoms with Gasteiger partial charge in [0, 0.05) is 37.8 Å². The molecule has 2 aliphatic heterocycles. The Balaban J connectivity index is 1.36. The number of thioether (sulfide) groups is 1. The fraction of sp³-hybridized carbons (Fsp3) is 0.462. The minimum Gasteiger partial charge on any atom is -0.467 e. The third-order valence-corrected chi connectivity index (χ3v) is 8.03. The van der Waals surface area contributed by atoms with Gasteiger partial charge in [-0.1, -0.05) is 18.7 Å². The Labute approximate surface area is 209 Å². The molecule has 1 amide bonds. The van der Waals surface area contributed by atoms with Gasteiger partial charge in [0.1, 0.15) is 5.76 Å². The fourth-order valence-corrected chi connectivity index (χ4v) is 5.76. The van der Waals surface area contributed by atoms with Crippen molar-refractivity contribution in [3.63, 3.8) is 0 Å². The summed E-state index contributed by atoms with van der Waals surface area (Å²) in [5.74, 6) is 2.44. The highest BCUT2D eigenvalue weighted by Gasteiger charge is 2.28. The highest BCUT2D eigenvalue weighted by molar-refractivity contribution is 8.00. The average Bonchev–Trinajstić information content (AvgIpc) is 3.60. The molecule has 2 aliphatic rings. The Morgan fingerprint density at radius 1 is 1.17 bits per heavy atom. The number of aromatic nitrogens is 3. The van der Waals surface area contributed by atoms with Crippen LogP contribution in [0.2, 0.25) is 0 Å². The van der Waals surface area contributed by atoms with Gasteiger partial charge in [-0.2, -0.15) is 0 Å². The lowest BCUT2D eigenvalue weighted by molar-refractivity contribution is -0.116. The Morgan fingerprint density at radius 2 is 1.97 bits per heavy atom. The molecule has 3 aromatic rings. The van der Waals surface area contributed by atoms with Crippen LogP contribution >= 0.6 is 11.8 Å². The molecule has 9 heteroatoms. The predicted octanol–water partition coefficient (Wildman–Crippen LogP) is 4.43. The number of Topliss-reactive ketones (excluding diaryl/α,β-unsaturated/α-hetero) is 1. The van der Waals surface area contributed by atoms with Gasteiger partial charge in [-0.25, -0.2) is 0 Å². The first-order valence-corrected chi connectivity index (χ1v) is 13.1. The van der Waals surface area contributed by atoms with Gasteiger partial charge in [-0.15, -0.1) is 10.2 Å². The molecule has 1 atom stereocenters. The van der Waals surface area contributed by atoms with Gasteiger partial charge in [0.15, 0.2) is 10.9 Å². The molecule has 8 nitrogen and oxygen atoms in total. The van der Waals surface area contributed by atoms with Gasteiger partial charge in [0.2, 0.25) is 11.9 Å². The number of fused-ring (bicyclic) bond motifs is 1. The number of nitrogens with zero attached hydrogens (tertiary/aromatic N) is 5. The van der Waals surface area contributed by atoms with E-state index in [-0.39, 0.29) is 16.9 Å². The van der Waals surface area contributed by atoms with Crippen LogP contribution in [0.5, 0.6) is 0 Å². The molecule has 0 unspecified atom stereocenters. The standard InChI is InChI=1S/C26H31N5O3S/c1-17-8-11-29(12-9-17)25-27-28-26(31(25)16-22-5-4-14-34-22)35-18(2)24(33)21-6-7-23-20(15-21)10-13-30(23)19(3)32/h4-7,14-15,17-18H,8-13,16H2,1-3H3/t18-/m0/s1. The number of carbonyl (C=O) groups excluding carboxylic acids is 2. The maximum atomic E-state index is 13.3. The molecule has 0 spiro atoms. The molecule has 184 valence electrons. The molecule has 2 aromatic heterocycles. The Kier molecular flexibility index (Phi) is 6.69. The van der Waals surface area contributed by atoms with Crippen LogP contribution < -0.4 is 9.80 Å². The molecule has 0 saturated carbocycles. The summed E-state index contributed by atoms with van der Waals surface area (Å²) in [5.41, 5.74) is 2.62. The van der Waals surface area contributed by atoms with Crippen molar-refractivity contribution < 1.29 is 14.0 Å². The van der Waals surface area contributed by atoms with Gasteiger partial charge >= 0.3 is 0 Å². The third kappa shape index (κ3) is 4.87. The first-order valence-electron chi connectivity index (χ1n) is 12.2. The Morgan fingerprint density at radius 3 is 2.69 bits per heavy atom. The summed E-state index contributed by atoms with van der Waals surface area (Å²) in [7, 11) is 0. The maximum absolute atomic E-state index is 13.3. The van der Waals surface area contributed by atoms with Crippen molar-refractivity contribution >= 4 is 35.1 Å². The molecule has 0 aliphatic carbocycles. The van der Waals surface area contributed by atoms with Crippen molar-refractivity contribution in [2.75, 3.05) is 29.4 Å². The van der Waals surface area contributed by atoms with Gasteiger partial charge < -0.3 is 14.2 Å². The van der Waals surface area contributed by atoms with Crippen molar-refractivity contribution in [2.45, 2.75) is 57.0 Å². The summed E-state index contributed by atoms with van der Waals surface area (Å²) in [4.78, 5) is 29.2. The second-order valence-electron chi connectivity index (χ2n) is 9.51. The summed E-state index contributed by atoms with van der Waals surface area (Å²) in [5, 5.41) is 9.39. The van der Waals surface area contributed by atoms with Crippen LogP contribution in [0.25, 0.3) is 0 Å². The lowest BCUT2D eigenvalue weighted by Crippen LogP contribution is -2.35. The lowest BCUT2D eigenvalue weighted by Gasteiger charge is -2.31. The quantitative estimate of drug-likeness (QED) is 0.356. The molecule has 1 saturated heterocycles. The predicted molar refractivity (Wildman–Crippen MR) is 136 cm³/mol. The van der Waals surface area contributed by atoms with E-state index in [2.05, 4.69) is 26.6 Å². The smallest absolute Gasteiger partial charge is 0.228 e. The van der Waals surface area contributed by atoms with Crippen molar-refractivity contribution in [2.24, 2.45) is 5.92 Å². The third-order valence-electron chi connectivity index (χ3n) is 6.95. The average molecular weight is 494 g/mol. The van der Waals surface area contributed by atoms with E-state index in [1.54, 1.807) is 18.1 Å². The molecule has 35 heavy (non-hydrogen) atoms. The van der Waals surface area contributed by atoms with Crippen LogP contribution in [-0.2, 0) is 17.8 Å². The van der Waals surface area contributed by atoms with Crippen LogP contribution in [0.15, 0.2) is 46.2 Å². The summed E-state index contributed by atoms with van der Waals surface area (Å²) in [6, 6.07) is 9.48. The zero-order valence-electron chi connectivity index (χ0n) is 20.4. The number of hydrogen-bond donors (Lipinski definition) is 0. The normalized spacial score (nSPS) is 17.0. The van der Waals surface area contributed by atoms with Gasteiger partial charge in [-0.05, 0) is 68.0 Å². The monoisotopic (exact) mass is 493 g/mol. The first-order chi connectivity index (χ1) is 16.9. The van der Waals surface area contributed by atoms with Crippen molar-refractivity contribution in [1.29, 1.82) is 0 Å². The highest BCUT2D eigenvalue weighted by Crippen LogP contribution is 2.33. The molecule has 1 fully saturated rings. The minimum atomic E-state index is -0.341. The number of benzene rings is 1. The van der Waals surface area contributed by atoms with Crippen LogP contribution in [0.1, 0.15) is 55.3 Å². The molecule has 0 radical (unpaired) electrons. The number of ketones is 1. The number of furan rings is 1. The van der Waals surface area contributed by atoms with E-state index in [9.17, 15) is 9.59 Å². The van der Waals surface area contributed by atoms with Crippen molar-refractivity contribution in [1.82, 2.24) is 14.8 Å². The number of hydrogen-bond acceptors (Lipinski definition) is 7. The molecule has 5 rings (SSSR count). The van der Waals surface area contributed by atoms with E-state index in [4.69, 9.17) is 4.42 Å². The van der Waals surface area contributed by atoms with Crippen molar-refractivity contribution in [3.8, 4) is 0 Å². The van der Waals surface area contributed by atoms with E-state index in [0.29, 0.717) is 29.7 Å². The summed E-state index contributed by atoms with van der Waals surface area (Å²) in [6.07, 6.45) is 4.70. The first kappa shape index (κ1) is 23.7. The number of amides is 1. The van der Waals surface area contributed by atoms with E-state index in [1.807, 2.05) is 37.3 Å². The Hall–Kier alpha value is -3.07. The molecular formula is C26H31N5O3S. The molecule has 0 bridgehead atoms. The van der Waals surface area contributed by atoms with E-state index >= 15 is 0 Å². The molecule has 0 N–H and O–H groups in total. The summed E-state index contributed by atoms with van der Waals surface area (Å²) >= 11 is 1.43. The van der Waals surface area contributed by atoms with Crippen LogP contribution in [-0.4, -0.2) is 51.3 Å². The van der Waals surface area contributed by atoms with E-state index < -0.39 is 0 Å². The Bertz CT molecular complexity index is 1210. The second-order valence-corrected chi connectivity index (χ2v) is 10.8. The van der Waals surface area contributed by atoms with Gasteiger partial charge in [0.25, 0.3) is 0 Å². The number of carbonyl (C=O) groups is 2. The van der Waals surface area contributed by atoms with E-state index in [0.717, 1.165) is 55.3 Å². The lowest BCUT2D eigenvalue weighted by atomic mass is 10.00. The number of rotatable bonds is 7. The zero-order valence-corrected chi connectivity index (χ0v) is 21.3.